The van der Waals surface area contributed by atoms with Gasteiger partial charge >= 0.3 is 0 Å². The molecule has 0 saturated heterocycles. The first kappa shape index (κ1) is 125. The van der Waals surface area contributed by atoms with Gasteiger partial charge in [-0.1, -0.05) is 259 Å². The number of hydrogen-bond donors (Lipinski definition) is 7. The largest absolute Gasteiger partial charge is 0.361 e. The van der Waals surface area contributed by atoms with Gasteiger partial charge in [-0.15, -0.1) is 0 Å². The number of aryl methyl sites for hydroxylation is 7. The zero-order valence-corrected chi connectivity index (χ0v) is 92.3. The Labute approximate surface area is 818 Å². The number of nitrogens with zero attached hydrogens (tertiary/aromatic N) is 9. The minimum atomic E-state index is -0.194. The Hall–Kier alpha value is -9.32. The minimum Gasteiger partial charge on any atom is -0.361 e. The molecule has 0 aromatic carbocycles. The zero-order valence-electron chi connectivity index (χ0n) is 92.3. The van der Waals surface area contributed by atoms with Gasteiger partial charge in [-0.25, -0.2) is 0 Å². The van der Waals surface area contributed by atoms with Crippen molar-refractivity contribution < 1.29 is 65.2 Å². The van der Waals surface area contributed by atoms with Gasteiger partial charge in [0.25, 0.3) is 41.4 Å². The molecule has 7 aromatic heterocycles. The molecule has 7 unspecified atom stereocenters. The highest BCUT2D eigenvalue weighted by atomic mass is 16.5. The summed E-state index contributed by atoms with van der Waals surface area (Å²) in [4.78, 5) is 89.5. The van der Waals surface area contributed by atoms with Crippen molar-refractivity contribution in [1.82, 2.24) is 83.1 Å². The molecule has 7 heterocycles. The van der Waals surface area contributed by atoms with Gasteiger partial charge < -0.3 is 78.7 Å². The summed E-state index contributed by atoms with van der Waals surface area (Å²) < 4.78 is 35.9. The SMILES string of the molecule is CCCC(C)(C)C(C)NC(=O)c1noc(CC)c1C.CCCCC(C)(C)C(C)NC(=O)c1cc(CC)on1.CCCCC(C)(C)C(C)NC(=O)c1noc(CC)c1C.CCCCCC(C)(C)C(C)NC(=O)c1cc(CC)on1.CCCCCC(C)(C)C(C)NC(=O)c1noc(CC)c1C.CCc1cc(C(=O)NC(C)C(C)(C)N(C)C)no1.CCc1onc(C(=O)NC(C)C(C)(C)N(C)C)c1C. The highest BCUT2D eigenvalue weighted by molar-refractivity contribution is 5.96. The average Bonchev–Trinajstić information content (AvgIpc) is 1.66. The van der Waals surface area contributed by atoms with Gasteiger partial charge in [-0.3, -0.25) is 33.6 Å². The van der Waals surface area contributed by atoms with Gasteiger partial charge in [-0.2, -0.15) is 0 Å². The molecule has 774 valence electrons. The van der Waals surface area contributed by atoms with Crippen molar-refractivity contribution >= 4 is 41.4 Å². The molecule has 0 saturated carbocycles. The maximum absolute atomic E-state index is 12.3. The first-order chi connectivity index (χ1) is 63.3. The Balaban J connectivity index is 0.000000794. The summed E-state index contributed by atoms with van der Waals surface area (Å²) in [6.45, 7) is 76.9. The maximum atomic E-state index is 12.3. The number of amides is 7. The van der Waals surface area contributed by atoms with Gasteiger partial charge in [0.05, 0.1) is 0 Å². The number of nitrogens with one attached hydrogen (secondary N) is 7. The molecule has 7 amide bonds. The van der Waals surface area contributed by atoms with Crippen LogP contribution in [0, 0.1) is 54.8 Å². The predicted octanol–water partition coefficient (Wildman–Crippen LogP) is 22.9. The fourth-order valence-corrected chi connectivity index (χ4v) is 14.0. The zero-order chi connectivity index (χ0) is 104. The van der Waals surface area contributed by atoms with Crippen LogP contribution in [0.2, 0.25) is 0 Å². The lowest BCUT2D eigenvalue weighted by molar-refractivity contribution is 0.0844. The normalized spacial score (nSPS) is 13.4. The second kappa shape index (κ2) is 59.2. The summed E-state index contributed by atoms with van der Waals surface area (Å²) in [5.41, 5.74) is 6.24. The summed E-state index contributed by atoms with van der Waals surface area (Å²) in [5.74, 6) is 4.24. The van der Waals surface area contributed by atoms with Crippen LogP contribution in [0.4, 0.5) is 0 Å². The van der Waals surface area contributed by atoms with E-state index in [1.165, 1.54) is 64.2 Å². The van der Waals surface area contributed by atoms with Crippen molar-refractivity contribution in [1.29, 1.82) is 0 Å². The first-order valence-electron chi connectivity index (χ1n) is 50.5. The van der Waals surface area contributed by atoms with Gasteiger partial charge in [0.15, 0.2) is 39.9 Å². The van der Waals surface area contributed by atoms with E-state index < -0.39 is 0 Å². The molecule has 0 aliphatic heterocycles. The van der Waals surface area contributed by atoms with Gasteiger partial charge in [0.2, 0.25) is 0 Å². The summed E-state index contributed by atoms with van der Waals surface area (Å²) in [5, 5.41) is 48.1. The molecular formula is C106H186N16O14. The van der Waals surface area contributed by atoms with E-state index in [1.54, 1.807) is 18.2 Å². The molecule has 7 aromatic rings. The van der Waals surface area contributed by atoms with Crippen LogP contribution in [0.5, 0.6) is 0 Å². The van der Waals surface area contributed by atoms with E-state index >= 15 is 0 Å². The quantitative estimate of drug-likeness (QED) is 0.0174. The highest BCUT2D eigenvalue weighted by Gasteiger charge is 2.37. The van der Waals surface area contributed by atoms with Gasteiger partial charge in [-0.05, 0) is 191 Å². The number of carbonyl (C=O) groups is 7. The monoisotopic (exact) mass is 1910 g/mol. The third kappa shape index (κ3) is 39.5. The minimum absolute atomic E-state index is 0.00164. The number of carbonyl (C=O) groups excluding carboxylic acids is 7. The van der Waals surface area contributed by atoms with Crippen molar-refractivity contribution in [2.75, 3.05) is 28.2 Å². The standard InChI is InChI=1S/C17H30N2O2.2C16H28N2O2.2C15H26N2O2.C14H25N3O2.C13H23N3O2/c1-7-9-10-11-17(5,6)13(4)18-16(20)15-12(3)14(8-2)21-19-15;1-7-9-10-16(5,6)12(4)17-15(19)14-11(3)13(8-2)20-18-14;1-6-8-9-10-16(4,5)12(3)17-15(19)14-11-13(7-2)20-18-14;1-7-9-15(5,6)11(4)16-14(18)13-10(3)12(8-2)19-17-13;1-6-8-9-15(4,5)11(3)16-14(18)13-10-12(7-2)19-17-13;1-8-11-9(2)12(16-19-11)13(18)15-10(3)14(4,5)17(6)7;1-7-10-8-11(15-18-10)12(17)14-9(2)13(3,4)16(5)6/h13H,7-11H2,1-6H3,(H,18,20);12H,7-10H2,1-6H3,(H,17,19);11-12H,6-10H2,1-5H3,(H,17,19);11H,7-9H2,1-6H3,(H,16,18);10-11H,6-9H2,1-5H3,(H,16,18);10H,8H2,1-7H3,(H,15,18);8-9H,7H2,1-6H3,(H,14,17). The molecular weight excluding hydrogens is 1720 g/mol. The van der Waals surface area contributed by atoms with Crippen LogP contribution in [-0.2, 0) is 44.9 Å². The molecule has 0 radical (unpaired) electrons. The lowest BCUT2D eigenvalue weighted by atomic mass is 9.80. The van der Waals surface area contributed by atoms with E-state index in [4.69, 9.17) is 31.7 Å². The predicted molar refractivity (Wildman–Crippen MR) is 545 cm³/mol. The third-order valence-electron chi connectivity index (χ3n) is 28.5. The molecule has 0 aliphatic carbocycles. The Kier molecular flexibility index (Phi) is 54.3. The van der Waals surface area contributed by atoms with Gasteiger partial charge in [0, 0.05) is 139 Å². The molecule has 7 N–H and O–H groups in total. The molecule has 7 rings (SSSR count). The van der Waals surface area contributed by atoms with Crippen molar-refractivity contribution in [3.8, 4) is 0 Å². The number of hydrogen-bond acceptors (Lipinski definition) is 23. The summed E-state index contributed by atoms with van der Waals surface area (Å²) in [6.07, 6.45) is 23.9. The van der Waals surface area contributed by atoms with Crippen LogP contribution in [0.3, 0.4) is 0 Å². The molecule has 0 bridgehead atoms. The lowest BCUT2D eigenvalue weighted by Gasteiger charge is -2.38. The number of unbranched alkanes of at least 4 members (excludes halogenated alkanes) is 6. The number of aromatic nitrogens is 7. The van der Waals surface area contributed by atoms with Crippen LogP contribution < -0.4 is 37.2 Å². The third-order valence-corrected chi connectivity index (χ3v) is 28.5. The van der Waals surface area contributed by atoms with E-state index in [2.05, 4.69) is 235 Å². The molecule has 0 fully saturated rings. The van der Waals surface area contributed by atoms with Crippen LogP contribution in [0.25, 0.3) is 0 Å². The van der Waals surface area contributed by atoms with Crippen LogP contribution in [0.1, 0.15) is 467 Å². The lowest BCUT2D eigenvalue weighted by Crippen LogP contribution is -2.55. The summed E-state index contributed by atoms with van der Waals surface area (Å²) in [7, 11) is 7.99. The highest BCUT2D eigenvalue weighted by Crippen LogP contribution is 2.34. The molecule has 30 heteroatoms. The first-order valence-corrected chi connectivity index (χ1v) is 50.5. The Morgan fingerprint density at radius 1 is 0.265 bits per heavy atom. The van der Waals surface area contributed by atoms with Crippen molar-refractivity contribution in [2.24, 2.45) is 27.1 Å². The second-order valence-electron chi connectivity index (χ2n) is 41.6. The maximum Gasteiger partial charge on any atom is 0.274 e. The van der Waals surface area contributed by atoms with E-state index in [0.29, 0.717) is 39.9 Å². The van der Waals surface area contributed by atoms with Crippen molar-refractivity contribution in [3.63, 3.8) is 0 Å². The van der Waals surface area contributed by atoms with Crippen LogP contribution >= 0.6 is 0 Å². The average molecular weight is 1910 g/mol. The summed E-state index contributed by atoms with van der Waals surface area (Å²) in [6, 6.07) is 5.62. The number of likely N-dealkylation sites (N-methyl/N-ethyl adjacent to an activating group) is 2. The van der Waals surface area contributed by atoms with E-state index in [1.807, 2.05) is 132 Å². The molecule has 0 spiro atoms. The van der Waals surface area contributed by atoms with E-state index in [9.17, 15) is 33.6 Å². The fraction of sp³-hybridized carbons (Fsp3) is 0.736. The Morgan fingerprint density at radius 2 is 0.463 bits per heavy atom. The molecule has 0 aliphatic rings. The van der Waals surface area contributed by atoms with Crippen LogP contribution in [-0.4, -0.2) is 169 Å². The van der Waals surface area contributed by atoms with Crippen molar-refractivity contribution in [3.05, 3.63) is 121 Å². The van der Waals surface area contributed by atoms with Crippen LogP contribution in [0.15, 0.2) is 49.9 Å². The smallest absolute Gasteiger partial charge is 0.274 e. The summed E-state index contributed by atoms with van der Waals surface area (Å²) >= 11 is 0. The van der Waals surface area contributed by atoms with Crippen molar-refractivity contribution in [2.45, 2.75) is 457 Å². The van der Waals surface area contributed by atoms with E-state index in [0.717, 1.165) is 146 Å². The fourth-order valence-electron chi connectivity index (χ4n) is 14.0. The Bertz CT molecular complexity index is 4650. The van der Waals surface area contributed by atoms with Gasteiger partial charge in [0.1, 0.15) is 40.3 Å². The molecule has 30 nitrogen and oxygen atoms in total. The van der Waals surface area contributed by atoms with E-state index in [-0.39, 0.29) is 122 Å². The Morgan fingerprint density at radius 3 is 0.647 bits per heavy atom. The molecule has 136 heavy (non-hydrogen) atoms. The molecule has 7 atom stereocenters. The number of rotatable bonds is 46. The second-order valence-corrected chi connectivity index (χ2v) is 41.6. The topological polar surface area (TPSA) is 392 Å².